The highest BCUT2D eigenvalue weighted by Gasteiger charge is 2.18. The van der Waals surface area contributed by atoms with Gasteiger partial charge < -0.3 is 10.1 Å². The molecule has 0 bridgehead atoms. The van der Waals surface area contributed by atoms with Crippen molar-refractivity contribution in [1.29, 1.82) is 0 Å². The Hall–Kier alpha value is -0.860. The Morgan fingerprint density at radius 2 is 1.78 bits per heavy atom. The summed E-state index contributed by atoms with van der Waals surface area (Å²) in [7, 11) is 3.80. The fourth-order valence-corrected chi connectivity index (χ4v) is 2.33. The number of ether oxygens (including phenoxy) is 1. The second-order valence-electron chi connectivity index (χ2n) is 5.18. The first-order valence-corrected chi connectivity index (χ1v) is 6.91. The SMILES string of the molecule is CCC(OC)C(Cc1ccc(C(C)C)cc1)NC. The van der Waals surface area contributed by atoms with Crippen molar-refractivity contribution in [3.8, 4) is 0 Å². The summed E-state index contributed by atoms with van der Waals surface area (Å²) < 4.78 is 5.52. The summed E-state index contributed by atoms with van der Waals surface area (Å²) in [5, 5.41) is 3.36. The van der Waals surface area contributed by atoms with E-state index in [0.29, 0.717) is 12.0 Å². The molecule has 0 aliphatic rings. The van der Waals surface area contributed by atoms with Gasteiger partial charge in [0.05, 0.1) is 6.10 Å². The van der Waals surface area contributed by atoms with E-state index in [9.17, 15) is 0 Å². The van der Waals surface area contributed by atoms with E-state index < -0.39 is 0 Å². The highest BCUT2D eigenvalue weighted by atomic mass is 16.5. The Balaban J connectivity index is 2.70. The molecule has 1 rings (SSSR count). The van der Waals surface area contributed by atoms with Crippen LogP contribution in [-0.2, 0) is 11.2 Å². The van der Waals surface area contributed by atoms with Crippen LogP contribution in [0.1, 0.15) is 44.2 Å². The average Bonchev–Trinajstić information content (AvgIpc) is 2.39. The molecule has 0 aliphatic heterocycles. The van der Waals surface area contributed by atoms with Crippen molar-refractivity contribution in [3.63, 3.8) is 0 Å². The van der Waals surface area contributed by atoms with E-state index in [1.165, 1.54) is 11.1 Å². The molecule has 1 N–H and O–H groups in total. The van der Waals surface area contributed by atoms with Gasteiger partial charge in [0.2, 0.25) is 0 Å². The Morgan fingerprint density at radius 3 is 2.17 bits per heavy atom. The molecule has 2 atom stereocenters. The highest BCUT2D eigenvalue weighted by Crippen LogP contribution is 2.16. The lowest BCUT2D eigenvalue weighted by Gasteiger charge is -2.25. The van der Waals surface area contributed by atoms with Crippen LogP contribution in [0.4, 0.5) is 0 Å². The minimum absolute atomic E-state index is 0.278. The molecule has 1 aromatic carbocycles. The van der Waals surface area contributed by atoms with Gasteiger partial charge in [-0.3, -0.25) is 0 Å². The molecule has 2 nitrogen and oxygen atoms in total. The van der Waals surface area contributed by atoms with Gasteiger partial charge in [-0.1, -0.05) is 45.0 Å². The zero-order chi connectivity index (χ0) is 13.5. The fraction of sp³-hybridized carbons (Fsp3) is 0.625. The molecule has 0 heterocycles. The minimum atomic E-state index is 0.278. The van der Waals surface area contributed by atoms with E-state index >= 15 is 0 Å². The molecule has 18 heavy (non-hydrogen) atoms. The van der Waals surface area contributed by atoms with Gasteiger partial charge >= 0.3 is 0 Å². The number of nitrogens with one attached hydrogen (secondary N) is 1. The third-order valence-corrected chi connectivity index (χ3v) is 3.63. The normalized spacial score (nSPS) is 14.8. The Bertz CT molecular complexity index is 327. The lowest BCUT2D eigenvalue weighted by Crippen LogP contribution is -2.40. The predicted octanol–water partition coefficient (Wildman–Crippen LogP) is 3.37. The standard InChI is InChI=1S/C16H27NO/c1-6-16(18-5)15(17-4)11-13-7-9-14(10-8-13)12(2)3/h7-10,12,15-17H,6,11H2,1-5H3. The molecule has 1 aromatic rings. The number of rotatable bonds is 7. The topological polar surface area (TPSA) is 21.3 Å². The van der Waals surface area contributed by atoms with Crippen molar-refractivity contribution in [2.45, 2.75) is 51.7 Å². The summed E-state index contributed by atoms with van der Waals surface area (Å²) in [6, 6.07) is 9.33. The van der Waals surface area contributed by atoms with Gasteiger partial charge in [-0.25, -0.2) is 0 Å². The quantitative estimate of drug-likeness (QED) is 0.800. The summed E-state index contributed by atoms with van der Waals surface area (Å²) >= 11 is 0. The maximum Gasteiger partial charge on any atom is 0.0724 e. The second kappa shape index (κ2) is 7.55. The first-order valence-electron chi connectivity index (χ1n) is 6.91. The summed E-state index contributed by atoms with van der Waals surface area (Å²) in [4.78, 5) is 0. The van der Waals surface area contributed by atoms with Crippen molar-refractivity contribution in [3.05, 3.63) is 35.4 Å². The van der Waals surface area contributed by atoms with Crippen LogP contribution in [0.15, 0.2) is 24.3 Å². The van der Waals surface area contributed by atoms with Crippen molar-refractivity contribution in [2.75, 3.05) is 14.2 Å². The van der Waals surface area contributed by atoms with Gasteiger partial charge in [-0.05, 0) is 36.9 Å². The van der Waals surface area contributed by atoms with Gasteiger partial charge in [0.1, 0.15) is 0 Å². The van der Waals surface area contributed by atoms with Crippen molar-refractivity contribution in [2.24, 2.45) is 0 Å². The smallest absolute Gasteiger partial charge is 0.0724 e. The first-order chi connectivity index (χ1) is 8.62. The largest absolute Gasteiger partial charge is 0.380 e. The molecular formula is C16H27NO. The molecule has 0 aromatic heterocycles. The summed E-state index contributed by atoms with van der Waals surface area (Å²) in [5.41, 5.74) is 2.77. The predicted molar refractivity (Wildman–Crippen MR) is 78.2 cm³/mol. The van der Waals surface area contributed by atoms with Crippen LogP contribution < -0.4 is 5.32 Å². The first kappa shape index (κ1) is 15.2. The lowest BCUT2D eigenvalue weighted by atomic mass is 9.96. The minimum Gasteiger partial charge on any atom is -0.380 e. The molecule has 0 saturated carbocycles. The number of likely N-dealkylation sites (N-methyl/N-ethyl adjacent to an activating group) is 1. The second-order valence-corrected chi connectivity index (χ2v) is 5.18. The van der Waals surface area contributed by atoms with Crippen molar-refractivity contribution in [1.82, 2.24) is 5.32 Å². The monoisotopic (exact) mass is 249 g/mol. The van der Waals surface area contributed by atoms with Gasteiger partial charge in [-0.15, -0.1) is 0 Å². The summed E-state index contributed by atoms with van der Waals surface area (Å²) in [5.74, 6) is 0.599. The van der Waals surface area contributed by atoms with E-state index in [0.717, 1.165) is 12.8 Å². The Labute approximate surface area is 112 Å². The van der Waals surface area contributed by atoms with E-state index in [2.05, 4.69) is 50.4 Å². The third kappa shape index (κ3) is 4.11. The molecule has 0 saturated heterocycles. The zero-order valence-electron chi connectivity index (χ0n) is 12.4. The molecule has 0 radical (unpaired) electrons. The molecule has 2 unspecified atom stereocenters. The number of methoxy groups -OCH3 is 1. The maximum atomic E-state index is 5.52. The van der Waals surface area contributed by atoms with Crippen LogP contribution in [0, 0.1) is 0 Å². The van der Waals surface area contributed by atoms with Crippen LogP contribution in [0.2, 0.25) is 0 Å². The van der Waals surface area contributed by atoms with E-state index in [1.54, 1.807) is 7.11 Å². The molecule has 2 heteroatoms. The van der Waals surface area contributed by atoms with Gasteiger partial charge in [0, 0.05) is 13.2 Å². The highest BCUT2D eigenvalue weighted by molar-refractivity contribution is 5.25. The van der Waals surface area contributed by atoms with Gasteiger partial charge in [0.25, 0.3) is 0 Å². The van der Waals surface area contributed by atoms with Crippen LogP contribution in [0.25, 0.3) is 0 Å². The number of hydrogen-bond acceptors (Lipinski definition) is 2. The van der Waals surface area contributed by atoms with Gasteiger partial charge in [0.15, 0.2) is 0 Å². The molecule has 0 aliphatic carbocycles. The van der Waals surface area contributed by atoms with Crippen molar-refractivity contribution < 1.29 is 4.74 Å². The van der Waals surface area contributed by atoms with Crippen LogP contribution in [0.3, 0.4) is 0 Å². The van der Waals surface area contributed by atoms with E-state index in [-0.39, 0.29) is 6.10 Å². The summed E-state index contributed by atoms with van der Waals surface area (Å²) in [6.45, 7) is 6.62. The number of benzene rings is 1. The van der Waals surface area contributed by atoms with Crippen LogP contribution >= 0.6 is 0 Å². The van der Waals surface area contributed by atoms with Gasteiger partial charge in [-0.2, -0.15) is 0 Å². The fourth-order valence-electron chi connectivity index (χ4n) is 2.33. The molecule has 0 fully saturated rings. The Morgan fingerprint density at radius 1 is 1.17 bits per heavy atom. The average molecular weight is 249 g/mol. The number of hydrogen-bond donors (Lipinski definition) is 1. The maximum absolute atomic E-state index is 5.52. The molecule has 102 valence electrons. The Kier molecular flexibility index (Phi) is 6.37. The van der Waals surface area contributed by atoms with E-state index in [4.69, 9.17) is 4.74 Å². The molecule has 0 amide bonds. The molecule has 0 spiro atoms. The zero-order valence-corrected chi connectivity index (χ0v) is 12.4. The van der Waals surface area contributed by atoms with Crippen molar-refractivity contribution >= 4 is 0 Å². The van der Waals surface area contributed by atoms with Crippen LogP contribution in [0.5, 0.6) is 0 Å². The van der Waals surface area contributed by atoms with E-state index in [1.807, 2.05) is 7.05 Å². The van der Waals surface area contributed by atoms with Crippen LogP contribution in [-0.4, -0.2) is 26.3 Å². The lowest BCUT2D eigenvalue weighted by molar-refractivity contribution is 0.0678. The summed E-state index contributed by atoms with van der Waals surface area (Å²) in [6.07, 6.45) is 2.33. The third-order valence-electron chi connectivity index (χ3n) is 3.63. The molecular weight excluding hydrogens is 222 g/mol.